The van der Waals surface area contributed by atoms with Gasteiger partial charge in [-0.05, 0) is 37.6 Å². The molecule has 158 valence electrons. The van der Waals surface area contributed by atoms with E-state index in [0.717, 1.165) is 16.1 Å². The van der Waals surface area contributed by atoms with Crippen molar-refractivity contribution in [2.75, 3.05) is 43.8 Å². The molecule has 0 atom stereocenters. The standard InChI is InChI=1S/C20H26N2O6S/c1-7-22(29(6,24)25)16-12-19(28-5)18(27-4)11-14(16)20(23)21-15-10-13(2)8-9-17(15)26-3/h8-12H,7H2,1-6H3,(H,21,23). The molecule has 1 amide bonds. The van der Waals surface area contributed by atoms with Crippen molar-refractivity contribution in [3.8, 4) is 17.2 Å². The number of sulfonamides is 1. The molecule has 2 rings (SSSR count). The third kappa shape index (κ3) is 4.92. The summed E-state index contributed by atoms with van der Waals surface area (Å²) in [6, 6.07) is 8.31. The van der Waals surface area contributed by atoms with Crippen molar-refractivity contribution in [3.63, 3.8) is 0 Å². The van der Waals surface area contributed by atoms with Crippen molar-refractivity contribution in [2.45, 2.75) is 13.8 Å². The summed E-state index contributed by atoms with van der Waals surface area (Å²) in [6.07, 6.45) is 1.08. The molecule has 0 aliphatic heterocycles. The third-order valence-corrected chi connectivity index (χ3v) is 5.56. The molecule has 0 fully saturated rings. The monoisotopic (exact) mass is 422 g/mol. The second kappa shape index (κ2) is 9.04. The minimum atomic E-state index is -3.63. The molecule has 2 aromatic rings. The van der Waals surface area contributed by atoms with Crippen LogP contribution in [0.4, 0.5) is 11.4 Å². The van der Waals surface area contributed by atoms with Crippen LogP contribution in [0.3, 0.4) is 0 Å². The van der Waals surface area contributed by atoms with E-state index >= 15 is 0 Å². The number of hydrogen-bond donors (Lipinski definition) is 1. The molecule has 0 heterocycles. The second-order valence-corrected chi connectivity index (χ2v) is 8.22. The zero-order chi connectivity index (χ0) is 21.8. The van der Waals surface area contributed by atoms with Gasteiger partial charge in [0.2, 0.25) is 10.0 Å². The van der Waals surface area contributed by atoms with E-state index in [1.807, 2.05) is 13.0 Å². The van der Waals surface area contributed by atoms with Crippen LogP contribution < -0.4 is 23.8 Å². The fraction of sp³-hybridized carbons (Fsp3) is 0.350. The molecule has 0 unspecified atom stereocenters. The van der Waals surface area contributed by atoms with E-state index in [4.69, 9.17) is 14.2 Å². The van der Waals surface area contributed by atoms with E-state index < -0.39 is 15.9 Å². The van der Waals surface area contributed by atoms with Crippen molar-refractivity contribution < 1.29 is 27.4 Å². The summed E-state index contributed by atoms with van der Waals surface area (Å²) < 4.78 is 41.6. The smallest absolute Gasteiger partial charge is 0.258 e. The maximum absolute atomic E-state index is 13.1. The molecule has 0 saturated carbocycles. The number of hydrogen-bond acceptors (Lipinski definition) is 6. The highest BCUT2D eigenvalue weighted by Gasteiger charge is 2.25. The normalized spacial score (nSPS) is 11.0. The number of anilines is 2. The molecule has 0 spiro atoms. The minimum Gasteiger partial charge on any atom is -0.495 e. The van der Waals surface area contributed by atoms with Crippen molar-refractivity contribution in [1.82, 2.24) is 0 Å². The number of amides is 1. The molecule has 8 nitrogen and oxygen atoms in total. The number of nitrogens with zero attached hydrogens (tertiary/aromatic N) is 1. The van der Waals surface area contributed by atoms with Gasteiger partial charge in [0.15, 0.2) is 11.5 Å². The van der Waals surface area contributed by atoms with E-state index in [1.54, 1.807) is 19.1 Å². The zero-order valence-electron chi connectivity index (χ0n) is 17.4. The second-order valence-electron chi connectivity index (χ2n) is 6.31. The number of methoxy groups -OCH3 is 3. The SMILES string of the molecule is CCN(c1cc(OC)c(OC)cc1C(=O)Nc1cc(C)ccc1OC)S(C)(=O)=O. The Bertz CT molecular complexity index is 1000. The number of rotatable bonds is 8. The maximum Gasteiger partial charge on any atom is 0.258 e. The first-order valence-corrected chi connectivity index (χ1v) is 10.7. The summed E-state index contributed by atoms with van der Waals surface area (Å²) in [6.45, 7) is 3.71. The predicted molar refractivity (Wildman–Crippen MR) is 113 cm³/mol. The van der Waals surface area contributed by atoms with Gasteiger partial charge in [0.1, 0.15) is 5.75 Å². The van der Waals surface area contributed by atoms with Crippen LogP contribution in [0.5, 0.6) is 17.2 Å². The van der Waals surface area contributed by atoms with Crippen LogP contribution in [-0.4, -0.2) is 48.5 Å². The number of benzene rings is 2. The van der Waals surface area contributed by atoms with Gasteiger partial charge >= 0.3 is 0 Å². The van der Waals surface area contributed by atoms with Crippen LogP contribution in [0.25, 0.3) is 0 Å². The van der Waals surface area contributed by atoms with Gasteiger partial charge < -0.3 is 19.5 Å². The number of carbonyl (C=O) groups is 1. The summed E-state index contributed by atoms with van der Waals surface area (Å²) in [5.74, 6) is 0.602. The van der Waals surface area contributed by atoms with Gasteiger partial charge in [0.25, 0.3) is 5.91 Å². The third-order valence-electron chi connectivity index (χ3n) is 4.31. The van der Waals surface area contributed by atoms with Crippen molar-refractivity contribution >= 4 is 27.3 Å². The first-order valence-electron chi connectivity index (χ1n) is 8.86. The average Bonchev–Trinajstić information content (AvgIpc) is 2.67. The number of carbonyl (C=O) groups excluding carboxylic acids is 1. The van der Waals surface area contributed by atoms with Crippen molar-refractivity contribution in [2.24, 2.45) is 0 Å². The highest BCUT2D eigenvalue weighted by atomic mass is 32.2. The largest absolute Gasteiger partial charge is 0.495 e. The van der Waals surface area contributed by atoms with Crippen LogP contribution in [-0.2, 0) is 10.0 Å². The van der Waals surface area contributed by atoms with Gasteiger partial charge in [-0.2, -0.15) is 0 Å². The molecule has 9 heteroatoms. The van der Waals surface area contributed by atoms with Gasteiger partial charge in [0.05, 0.1) is 44.5 Å². The summed E-state index contributed by atoms with van der Waals surface area (Å²) >= 11 is 0. The molecule has 0 radical (unpaired) electrons. The Balaban J connectivity index is 2.63. The highest BCUT2D eigenvalue weighted by Crippen LogP contribution is 2.37. The van der Waals surface area contributed by atoms with Crippen LogP contribution in [0.15, 0.2) is 30.3 Å². The van der Waals surface area contributed by atoms with Crippen molar-refractivity contribution in [3.05, 3.63) is 41.5 Å². The molecular weight excluding hydrogens is 396 g/mol. The lowest BCUT2D eigenvalue weighted by atomic mass is 10.1. The number of nitrogens with one attached hydrogen (secondary N) is 1. The van der Waals surface area contributed by atoms with Crippen LogP contribution in [0.2, 0.25) is 0 Å². The van der Waals surface area contributed by atoms with Crippen LogP contribution >= 0.6 is 0 Å². The Morgan fingerprint density at radius 1 is 1.00 bits per heavy atom. The van der Waals surface area contributed by atoms with Gasteiger partial charge in [0, 0.05) is 12.6 Å². The van der Waals surface area contributed by atoms with Gasteiger partial charge in [-0.15, -0.1) is 0 Å². The van der Waals surface area contributed by atoms with Gasteiger partial charge in [-0.3, -0.25) is 9.10 Å². The number of aryl methyl sites for hydroxylation is 1. The number of ether oxygens (including phenoxy) is 3. The lowest BCUT2D eigenvalue weighted by molar-refractivity contribution is 0.102. The average molecular weight is 423 g/mol. The molecule has 29 heavy (non-hydrogen) atoms. The molecule has 0 aromatic heterocycles. The van der Waals surface area contributed by atoms with E-state index in [9.17, 15) is 13.2 Å². The van der Waals surface area contributed by atoms with E-state index in [0.29, 0.717) is 22.9 Å². The van der Waals surface area contributed by atoms with Crippen LogP contribution in [0, 0.1) is 6.92 Å². The maximum atomic E-state index is 13.1. The van der Waals surface area contributed by atoms with E-state index in [1.165, 1.54) is 33.5 Å². The molecule has 0 aliphatic carbocycles. The molecule has 2 aromatic carbocycles. The summed E-state index contributed by atoms with van der Waals surface area (Å²) in [7, 11) is 0.757. The quantitative estimate of drug-likeness (QED) is 0.703. The predicted octanol–water partition coefficient (Wildman–Crippen LogP) is 3.06. The highest BCUT2D eigenvalue weighted by molar-refractivity contribution is 7.92. The summed E-state index contributed by atoms with van der Waals surface area (Å²) in [5, 5.41) is 2.80. The Kier molecular flexibility index (Phi) is 6.97. The molecule has 1 N–H and O–H groups in total. The molecule has 0 bridgehead atoms. The zero-order valence-corrected chi connectivity index (χ0v) is 18.2. The Hall–Kier alpha value is -2.94. The lowest BCUT2D eigenvalue weighted by Crippen LogP contribution is -2.31. The Morgan fingerprint density at radius 2 is 1.59 bits per heavy atom. The van der Waals surface area contributed by atoms with Gasteiger partial charge in [-0.1, -0.05) is 6.07 Å². The first-order chi connectivity index (χ1) is 13.7. The molecule has 0 saturated heterocycles. The minimum absolute atomic E-state index is 0.124. The molecular formula is C20H26N2O6S. The fourth-order valence-corrected chi connectivity index (χ4v) is 3.93. The van der Waals surface area contributed by atoms with Crippen LogP contribution in [0.1, 0.15) is 22.8 Å². The summed E-state index contributed by atoms with van der Waals surface area (Å²) in [5.41, 5.74) is 1.72. The summed E-state index contributed by atoms with van der Waals surface area (Å²) in [4.78, 5) is 13.1. The van der Waals surface area contributed by atoms with E-state index in [2.05, 4.69) is 5.32 Å². The molecule has 0 aliphatic rings. The lowest BCUT2D eigenvalue weighted by Gasteiger charge is -2.24. The Morgan fingerprint density at radius 3 is 2.10 bits per heavy atom. The van der Waals surface area contributed by atoms with Gasteiger partial charge in [-0.25, -0.2) is 8.42 Å². The fourth-order valence-electron chi connectivity index (χ4n) is 2.95. The first kappa shape index (κ1) is 22.4. The van der Waals surface area contributed by atoms with E-state index in [-0.39, 0.29) is 17.8 Å². The Labute approximate surface area is 171 Å². The van der Waals surface area contributed by atoms with Crippen molar-refractivity contribution in [1.29, 1.82) is 0 Å². The topological polar surface area (TPSA) is 94.2 Å².